The lowest BCUT2D eigenvalue weighted by molar-refractivity contribution is -0.118. The van der Waals surface area contributed by atoms with Gasteiger partial charge in [-0.1, -0.05) is 23.7 Å². The molecule has 0 radical (unpaired) electrons. The molecule has 70 valence electrons. The molecule has 0 heterocycles. The Morgan fingerprint density at radius 2 is 2.23 bits per heavy atom. The van der Waals surface area contributed by atoms with E-state index < -0.39 is 0 Å². The van der Waals surface area contributed by atoms with Crippen LogP contribution in [0.2, 0.25) is 5.02 Å². The molecule has 0 fully saturated rings. The lowest BCUT2D eigenvalue weighted by atomic mass is 10.2. The van der Waals surface area contributed by atoms with Gasteiger partial charge in [-0.3, -0.25) is 4.79 Å². The molecule has 0 saturated carbocycles. The van der Waals surface area contributed by atoms with Crippen molar-refractivity contribution >= 4 is 29.1 Å². The molecule has 1 N–H and O–H groups in total. The van der Waals surface area contributed by atoms with Crippen molar-refractivity contribution in [3.8, 4) is 0 Å². The van der Waals surface area contributed by atoms with Crippen molar-refractivity contribution in [2.24, 2.45) is 0 Å². The second-order valence-electron chi connectivity index (χ2n) is 2.54. The standard InChI is InChI=1S/C9H9Cl2NO/c10-5-9(13)12-6-7-2-1-3-8(11)4-7/h1-4H,5-6H2,(H,12,13). The van der Waals surface area contributed by atoms with Gasteiger partial charge in [-0.2, -0.15) is 0 Å². The van der Waals surface area contributed by atoms with Crippen molar-refractivity contribution in [1.29, 1.82) is 0 Å². The highest BCUT2D eigenvalue weighted by molar-refractivity contribution is 6.30. The first-order valence-electron chi connectivity index (χ1n) is 3.79. The number of benzene rings is 1. The van der Waals surface area contributed by atoms with Gasteiger partial charge in [-0.15, -0.1) is 11.6 Å². The van der Waals surface area contributed by atoms with E-state index in [1.165, 1.54) is 0 Å². The van der Waals surface area contributed by atoms with E-state index in [1.807, 2.05) is 12.1 Å². The molecule has 1 amide bonds. The molecule has 0 aliphatic carbocycles. The first-order valence-corrected chi connectivity index (χ1v) is 4.70. The van der Waals surface area contributed by atoms with E-state index in [0.717, 1.165) is 5.56 Å². The van der Waals surface area contributed by atoms with Crippen LogP contribution in [-0.4, -0.2) is 11.8 Å². The summed E-state index contributed by atoms with van der Waals surface area (Å²) in [5.41, 5.74) is 0.964. The molecule has 13 heavy (non-hydrogen) atoms. The SMILES string of the molecule is O=C(CCl)NCc1cccc(Cl)c1. The van der Waals surface area contributed by atoms with Crippen LogP contribution < -0.4 is 5.32 Å². The Balaban J connectivity index is 2.50. The van der Waals surface area contributed by atoms with E-state index in [0.29, 0.717) is 11.6 Å². The highest BCUT2D eigenvalue weighted by Crippen LogP contribution is 2.09. The number of hydrogen-bond donors (Lipinski definition) is 1. The minimum Gasteiger partial charge on any atom is -0.351 e. The quantitative estimate of drug-likeness (QED) is 0.774. The minimum atomic E-state index is -0.179. The molecular weight excluding hydrogens is 209 g/mol. The Labute approximate surface area is 86.8 Å². The average Bonchev–Trinajstić information content (AvgIpc) is 2.14. The second kappa shape index (κ2) is 5.10. The minimum absolute atomic E-state index is 0.0133. The van der Waals surface area contributed by atoms with Gasteiger partial charge in [0.15, 0.2) is 0 Å². The predicted octanol–water partition coefficient (Wildman–Crippen LogP) is 2.20. The van der Waals surface area contributed by atoms with Crippen molar-refractivity contribution < 1.29 is 4.79 Å². The Morgan fingerprint density at radius 1 is 1.46 bits per heavy atom. The van der Waals surface area contributed by atoms with Gasteiger partial charge < -0.3 is 5.32 Å². The van der Waals surface area contributed by atoms with E-state index in [4.69, 9.17) is 23.2 Å². The summed E-state index contributed by atoms with van der Waals surface area (Å²) < 4.78 is 0. The largest absolute Gasteiger partial charge is 0.351 e. The summed E-state index contributed by atoms with van der Waals surface area (Å²) in [4.78, 5) is 10.8. The van der Waals surface area contributed by atoms with Crippen LogP contribution in [0.3, 0.4) is 0 Å². The van der Waals surface area contributed by atoms with Crippen LogP contribution >= 0.6 is 23.2 Å². The first-order chi connectivity index (χ1) is 6.22. The van der Waals surface area contributed by atoms with Gasteiger partial charge in [0.2, 0.25) is 5.91 Å². The molecule has 1 rings (SSSR count). The molecule has 0 saturated heterocycles. The zero-order valence-electron chi connectivity index (χ0n) is 6.89. The molecule has 4 heteroatoms. The number of alkyl halides is 1. The van der Waals surface area contributed by atoms with Gasteiger partial charge in [-0.25, -0.2) is 0 Å². The van der Waals surface area contributed by atoms with Crippen LogP contribution in [0.4, 0.5) is 0 Å². The fourth-order valence-corrected chi connectivity index (χ4v) is 1.20. The van der Waals surface area contributed by atoms with Gasteiger partial charge in [0, 0.05) is 11.6 Å². The van der Waals surface area contributed by atoms with E-state index in [-0.39, 0.29) is 11.8 Å². The molecule has 0 aliphatic heterocycles. The number of carbonyl (C=O) groups is 1. The van der Waals surface area contributed by atoms with Crippen LogP contribution in [0.5, 0.6) is 0 Å². The number of rotatable bonds is 3. The molecule has 1 aromatic rings. The fraction of sp³-hybridized carbons (Fsp3) is 0.222. The van der Waals surface area contributed by atoms with Crippen molar-refractivity contribution in [3.63, 3.8) is 0 Å². The predicted molar refractivity (Wildman–Crippen MR) is 54.0 cm³/mol. The van der Waals surface area contributed by atoms with Crippen molar-refractivity contribution in [2.45, 2.75) is 6.54 Å². The maximum Gasteiger partial charge on any atom is 0.235 e. The van der Waals surface area contributed by atoms with Crippen LogP contribution in [0.1, 0.15) is 5.56 Å². The van der Waals surface area contributed by atoms with Crippen LogP contribution in [0.15, 0.2) is 24.3 Å². The molecular formula is C9H9Cl2NO. The number of nitrogens with one attached hydrogen (secondary N) is 1. The summed E-state index contributed by atoms with van der Waals surface area (Å²) in [5, 5.41) is 3.31. The zero-order valence-corrected chi connectivity index (χ0v) is 8.40. The van der Waals surface area contributed by atoms with E-state index in [1.54, 1.807) is 12.1 Å². The molecule has 0 atom stereocenters. The zero-order chi connectivity index (χ0) is 9.68. The molecule has 0 aromatic heterocycles. The Hall–Kier alpha value is -0.730. The maximum atomic E-state index is 10.8. The van der Waals surface area contributed by atoms with Gasteiger partial charge >= 0.3 is 0 Å². The fourth-order valence-electron chi connectivity index (χ4n) is 0.895. The monoisotopic (exact) mass is 217 g/mol. The average molecular weight is 218 g/mol. The smallest absolute Gasteiger partial charge is 0.235 e. The van der Waals surface area contributed by atoms with E-state index in [2.05, 4.69) is 5.32 Å². The van der Waals surface area contributed by atoms with Gasteiger partial charge in [-0.05, 0) is 17.7 Å². The first kappa shape index (κ1) is 10.4. The summed E-state index contributed by atoms with van der Waals surface area (Å²) in [5.74, 6) is -0.192. The number of halogens is 2. The summed E-state index contributed by atoms with van der Waals surface area (Å²) >= 11 is 11.1. The molecule has 1 aromatic carbocycles. The normalized spacial score (nSPS) is 9.69. The van der Waals surface area contributed by atoms with Crippen LogP contribution in [0, 0.1) is 0 Å². The number of carbonyl (C=O) groups excluding carboxylic acids is 1. The molecule has 2 nitrogen and oxygen atoms in total. The summed E-state index contributed by atoms with van der Waals surface area (Å²) in [7, 11) is 0. The van der Waals surface area contributed by atoms with Crippen LogP contribution in [-0.2, 0) is 11.3 Å². The number of amides is 1. The second-order valence-corrected chi connectivity index (χ2v) is 3.24. The maximum absolute atomic E-state index is 10.8. The summed E-state index contributed by atoms with van der Waals surface area (Å²) in [6.07, 6.45) is 0. The third-order valence-electron chi connectivity index (χ3n) is 1.50. The molecule has 0 unspecified atom stereocenters. The lowest BCUT2D eigenvalue weighted by Gasteiger charge is -2.02. The van der Waals surface area contributed by atoms with E-state index >= 15 is 0 Å². The van der Waals surface area contributed by atoms with E-state index in [9.17, 15) is 4.79 Å². The van der Waals surface area contributed by atoms with Crippen molar-refractivity contribution in [1.82, 2.24) is 5.32 Å². The molecule has 0 spiro atoms. The van der Waals surface area contributed by atoms with Crippen molar-refractivity contribution in [3.05, 3.63) is 34.9 Å². The Bertz CT molecular complexity index is 301. The van der Waals surface area contributed by atoms with Gasteiger partial charge in [0.05, 0.1) is 0 Å². The van der Waals surface area contributed by atoms with Crippen LogP contribution in [0.25, 0.3) is 0 Å². The Kier molecular flexibility index (Phi) is 4.06. The highest BCUT2D eigenvalue weighted by atomic mass is 35.5. The summed E-state index contributed by atoms with van der Waals surface area (Å²) in [6, 6.07) is 7.31. The summed E-state index contributed by atoms with van der Waals surface area (Å²) in [6.45, 7) is 0.464. The Morgan fingerprint density at radius 3 is 2.85 bits per heavy atom. The molecule has 0 bridgehead atoms. The van der Waals surface area contributed by atoms with Crippen molar-refractivity contribution in [2.75, 3.05) is 5.88 Å². The topological polar surface area (TPSA) is 29.1 Å². The highest BCUT2D eigenvalue weighted by Gasteiger charge is 1.98. The van der Waals surface area contributed by atoms with Gasteiger partial charge in [0.1, 0.15) is 5.88 Å². The third kappa shape index (κ3) is 3.66. The lowest BCUT2D eigenvalue weighted by Crippen LogP contribution is -2.23. The molecule has 0 aliphatic rings. The van der Waals surface area contributed by atoms with Gasteiger partial charge in [0.25, 0.3) is 0 Å². The third-order valence-corrected chi connectivity index (χ3v) is 1.98. The number of hydrogen-bond acceptors (Lipinski definition) is 1.